The molecule has 0 radical (unpaired) electrons. The Bertz CT molecular complexity index is 409. The minimum atomic E-state index is -0.217. The molecule has 2 aliphatic heterocycles. The normalized spacial score (nSPS) is 24.9. The van der Waals surface area contributed by atoms with Gasteiger partial charge >= 0.3 is 0 Å². The van der Waals surface area contributed by atoms with E-state index < -0.39 is 0 Å². The van der Waals surface area contributed by atoms with Crippen LogP contribution in [0, 0.1) is 11.7 Å². The summed E-state index contributed by atoms with van der Waals surface area (Å²) in [4.78, 5) is 2.52. The predicted molar refractivity (Wildman–Crippen MR) is 75.4 cm³/mol. The molecule has 3 rings (SSSR count). The summed E-state index contributed by atoms with van der Waals surface area (Å²) in [6.45, 7) is 5.18. The van der Waals surface area contributed by atoms with Crippen molar-refractivity contribution in [3.05, 3.63) is 30.1 Å². The molecule has 1 unspecified atom stereocenters. The van der Waals surface area contributed by atoms with Crippen LogP contribution < -0.4 is 4.74 Å². The summed E-state index contributed by atoms with van der Waals surface area (Å²) < 4.78 is 24.2. The second kappa shape index (κ2) is 6.55. The van der Waals surface area contributed by atoms with Gasteiger partial charge in [-0.2, -0.15) is 0 Å². The van der Waals surface area contributed by atoms with Gasteiger partial charge in [-0.25, -0.2) is 4.39 Å². The predicted octanol–water partition coefficient (Wildman–Crippen LogP) is 2.71. The summed E-state index contributed by atoms with van der Waals surface area (Å²) in [5.41, 5.74) is 0. The molecule has 20 heavy (non-hydrogen) atoms. The number of rotatable bonds is 4. The molecule has 1 aromatic carbocycles. The lowest BCUT2D eigenvalue weighted by molar-refractivity contribution is 0.0880. The lowest BCUT2D eigenvalue weighted by Gasteiger charge is -2.33. The van der Waals surface area contributed by atoms with Crippen LogP contribution >= 0.6 is 0 Å². The van der Waals surface area contributed by atoms with Gasteiger partial charge in [0, 0.05) is 26.2 Å². The summed E-state index contributed by atoms with van der Waals surface area (Å²) >= 11 is 0. The highest BCUT2D eigenvalue weighted by atomic mass is 19.1. The van der Waals surface area contributed by atoms with Gasteiger partial charge in [-0.1, -0.05) is 0 Å². The van der Waals surface area contributed by atoms with Crippen LogP contribution in [0.4, 0.5) is 4.39 Å². The molecule has 2 saturated heterocycles. The maximum Gasteiger partial charge on any atom is 0.123 e. The lowest BCUT2D eigenvalue weighted by Crippen LogP contribution is -2.40. The molecule has 0 spiro atoms. The van der Waals surface area contributed by atoms with Gasteiger partial charge in [0.05, 0.1) is 6.61 Å². The monoisotopic (exact) mass is 279 g/mol. The number of piperidine rings is 1. The Morgan fingerprint density at radius 1 is 1.15 bits per heavy atom. The lowest BCUT2D eigenvalue weighted by atomic mass is 10.0. The highest BCUT2D eigenvalue weighted by Crippen LogP contribution is 2.21. The van der Waals surface area contributed by atoms with Crippen molar-refractivity contribution in [1.29, 1.82) is 0 Å². The van der Waals surface area contributed by atoms with Gasteiger partial charge < -0.3 is 14.4 Å². The maximum absolute atomic E-state index is 12.8. The quantitative estimate of drug-likeness (QED) is 0.846. The van der Waals surface area contributed by atoms with E-state index in [1.165, 1.54) is 18.6 Å². The number of benzene rings is 1. The number of halogens is 1. The van der Waals surface area contributed by atoms with Crippen molar-refractivity contribution >= 4 is 0 Å². The van der Waals surface area contributed by atoms with Crippen LogP contribution in [0.2, 0.25) is 0 Å². The van der Waals surface area contributed by atoms with Gasteiger partial charge in [0.25, 0.3) is 0 Å². The Morgan fingerprint density at radius 2 is 1.90 bits per heavy atom. The molecule has 0 amide bonds. The minimum absolute atomic E-state index is 0.217. The van der Waals surface area contributed by atoms with Crippen molar-refractivity contribution < 1.29 is 13.9 Å². The second-order valence-electron chi connectivity index (χ2n) is 5.80. The molecule has 1 aromatic rings. The molecule has 0 aliphatic carbocycles. The van der Waals surface area contributed by atoms with Gasteiger partial charge in [-0.15, -0.1) is 0 Å². The van der Waals surface area contributed by atoms with E-state index >= 15 is 0 Å². The third kappa shape index (κ3) is 3.70. The number of hydrogen-bond donors (Lipinski definition) is 0. The average molecular weight is 279 g/mol. The highest BCUT2D eigenvalue weighted by molar-refractivity contribution is 5.22. The summed E-state index contributed by atoms with van der Waals surface area (Å²) in [6, 6.07) is 6.31. The van der Waals surface area contributed by atoms with Gasteiger partial charge in [-0.05, 0) is 49.4 Å². The molecule has 2 aliphatic rings. The van der Waals surface area contributed by atoms with E-state index in [9.17, 15) is 4.39 Å². The first kappa shape index (κ1) is 13.8. The highest BCUT2D eigenvalue weighted by Gasteiger charge is 2.24. The summed E-state index contributed by atoms with van der Waals surface area (Å²) in [5.74, 6) is 1.27. The summed E-state index contributed by atoms with van der Waals surface area (Å²) in [6.07, 6.45) is 3.55. The molecule has 2 fully saturated rings. The van der Waals surface area contributed by atoms with Crippen LogP contribution in [0.3, 0.4) is 0 Å². The van der Waals surface area contributed by atoms with Crippen LogP contribution in [0.25, 0.3) is 0 Å². The van der Waals surface area contributed by atoms with Gasteiger partial charge in [0.1, 0.15) is 17.7 Å². The number of hydrogen-bond acceptors (Lipinski definition) is 3. The molecule has 110 valence electrons. The maximum atomic E-state index is 12.8. The number of nitrogens with zero attached hydrogens (tertiary/aromatic N) is 1. The topological polar surface area (TPSA) is 21.7 Å². The fourth-order valence-electron chi connectivity index (χ4n) is 3.01. The van der Waals surface area contributed by atoms with Crippen LogP contribution in [-0.4, -0.2) is 43.9 Å². The van der Waals surface area contributed by atoms with Crippen molar-refractivity contribution in [3.8, 4) is 5.75 Å². The Hall–Kier alpha value is -1.13. The second-order valence-corrected chi connectivity index (χ2v) is 5.80. The van der Waals surface area contributed by atoms with Crippen molar-refractivity contribution in [3.63, 3.8) is 0 Å². The standard InChI is InChI=1S/C16H22FNO2/c17-14-1-3-15(4-2-14)20-16-5-8-18(9-6-16)11-13-7-10-19-12-13/h1-4,13,16H,5-12H2. The van der Waals surface area contributed by atoms with E-state index in [4.69, 9.17) is 9.47 Å². The zero-order valence-corrected chi connectivity index (χ0v) is 11.8. The van der Waals surface area contributed by atoms with E-state index in [-0.39, 0.29) is 11.9 Å². The molecule has 4 heteroatoms. The van der Waals surface area contributed by atoms with Gasteiger partial charge in [0.2, 0.25) is 0 Å². The Morgan fingerprint density at radius 3 is 2.55 bits per heavy atom. The van der Waals surface area contributed by atoms with Crippen molar-refractivity contribution in [2.45, 2.75) is 25.4 Å². The average Bonchev–Trinajstić information content (AvgIpc) is 2.96. The smallest absolute Gasteiger partial charge is 0.123 e. The third-order valence-electron chi connectivity index (χ3n) is 4.19. The van der Waals surface area contributed by atoms with E-state index in [1.54, 1.807) is 12.1 Å². The molecule has 2 heterocycles. The zero-order chi connectivity index (χ0) is 13.8. The molecule has 0 bridgehead atoms. The van der Waals surface area contributed by atoms with E-state index in [2.05, 4.69) is 4.90 Å². The van der Waals surface area contributed by atoms with E-state index in [1.807, 2.05) is 0 Å². The third-order valence-corrected chi connectivity index (χ3v) is 4.19. The summed E-state index contributed by atoms with van der Waals surface area (Å²) in [7, 11) is 0. The Balaban J connectivity index is 1.42. The molecular formula is C16H22FNO2. The zero-order valence-electron chi connectivity index (χ0n) is 11.8. The van der Waals surface area contributed by atoms with E-state index in [0.29, 0.717) is 5.92 Å². The Labute approximate surface area is 119 Å². The first-order valence-corrected chi connectivity index (χ1v) is 7.52. The molecule has 0 N–H and O–H groups in total. The van der Waals surface area contributed by atoms with E-state index in [0.717, 1.165) is 51.4 Å². The minimum Gasteiger partial charge on any atom is -0.490 e. The van der Waals surface area contributed by atoms with Crippen LogP contribution in [0.1, 0.15) is 19.3 Å². The first-order chi connectivity index (χ1) is 9.79. The Kier molecular flexibility index (Phi) is 4.53. The van der Waals surface area contributed by atoms with Gasteiger partial charge in [0.15, 0.2) is 0 Å². The SMILES string of the molecule is Fc1ccc(OC2CCN(CC3CCOC3)CC2)cc1. The van der Waals surface area contributed by atoms with Gasteiger partial charge in [-0.3, -0.25) is 0 Å². The molecular weight excluding hydrogens is 257 g/mol. The number of likely N-dealkylation sites (tertiary alicyclic amines) is 1. The van der Waals surface area contributed by atoms with Crippen molar-refractivity contribution in [2.24, 2.45) is 5.92 Å². The molecule has 3 nitrogen and oxygen atoms in total. The summed E-state index contributed by atoms with van der Waals surface area (Å²) in [5, 5.41) is 0. The number of ether oxygens (including phenoxy) is 2. The van der Waals surface area contributed by atoms with Crippen LogP contribution in [-0.2, 0) is 4.74 Å². The molecule has 1 atom stereocenters. The largest absolute Gasteiger partial charge is 0.490 e. The first-order valence-electron chi connectivity index (χ1n) is 7.52. The van der Waals surface area contributed by atoms with Crippen molar-refractivity contribution in [1.82, 2.24) is 4.90 Å². The van der Waals surface area contributed by atoms with Crippen LogP contribution in [0.5, 0.6) is 5.75 Å². The molecule has 0 aromatic heterocycles. The fourth-order valence-corrected chi connectivity index (χ4v) is 3.01. The van der Waals surface area contributed by atoms with Crippen LogP contribution in [0.15, 0.2) is 24.3 Å². The van der Waals surface area contributed by atoms with Crippen molar-refractivity contribution in [2.75, 3.05) is 32.8 Å². The fraction of sp³-hybridized carbons (Fsp3) is 0.625. The molecule has 0 saturated carbocycles.